The predicted octanol–water partition coefficient (Wildman–Crippen LogP) is 2.33. The third-order valence-corrected chi connectivity index (χ3v) is 5.18. The molecule has 1 fully saturated rings. The minimum Gasteiger partial charge on any atom is -0.465 e. The van der Waals surface area contributed by atoms with E-state index in [0.717, 1.165) is 37.4 Å². The minimum absolute atomic E-state index is 0.159. The van der Waals surface area contributed by atoms with Crippen molar-refractivity contribution in [3.05, 3.63) is 60.0 Å². The minimum atomic E-state index is -0.474. The van der Waals surface area contributed by atoms with Crippen molar-refractivity contribution in [1.82, 2.24) is 19.5 Å². The van der Waals surface area contributed by atoms with E-state index in [1.54, 1.807) is 24.3 Å². The molecule has 3 heterocycles. The van der Waals surface area contributed by atoms with E-state index >= 15 is 0 Å². The van der Waals surface area contributed by atoms with Gasteiger partial charge in [-0.05, 0) is 43.7 Å². The van der Waals surface area contributed by atoms with Gasteiger partial charge in [0.25, 0.3) is 0 Å². The van der Waals surface area contributed by atoms with Gasteiger partial charge in [-0.25, -0.2) is 4.79 Å². The molecule has 150 valence electrons. The van der Waals surface area contributed by atoms with Crippen LogP contribution >= 0.6 is 0 Å². The summed E-state index contributed by atoms with van der Waals surface area (Å²) in [4.78, 5) is 26.6. The van der Waals surface area contributed by atoms with Gasteiger partial charge in [0, 0.05) is 18.7 Å². The molecule has 4 rings (SSSR count). The number of methoxy groups -OCH3 is 1. The van der Waals surface area contributed by atoms with Crippen molar-refractivity contribution >= 4 is 23.2 Å². The Hall–Kier alpha value is -3.26. The average molecular weight is 393 g/mol. The molecule has 1 amide bonds. The third-order valence-electron chi connectivity index (χ3n) is 5.18. The lowest BCUT2D eigenvalue weighted by atomic mass is 9.97. The van der Waals surface area contributed by atoms with Gasteiger partial charge in [-0.3, -0.25) is 14.1 Å². The summed E-state index contributed by atoms with van der Waals surface area (Å²) in [6.45, 7) is 1.84. The standard InChI is InChI=1S/C21H23N5O3/c1-29-21(28)16-8-2-3-9-17(16)22-19(27)14-25-11-6-7-15(13-25)20-24-23-18-10-4-5-12-26(18)20/h2-5,8-10,12,15H,6-7,11,13-14H2,1H3,(H,22,27)/t15-/m1/s1. The molecule has 1 aliphatic rings. The summed E-state index contributed by atoms with van der Waals surface area (Å²) in [5.41, 5.74) is 1.63. The number of fused-ring (bicyclic) bond motifs is 1. The molecule has 8 heteroatoms. The SMILES string of the molecule is COC(=O)c1ccccc1NC(=O)CN1CCC[C@@H](c2nnc3ccccn23)C1. The van der Waals surface area contributed by atoms with Gasteiger partial charge >= 0.3 is 5.97 Å². The van der Waals surface area contributed by atoms with Crippen molar-refractivity contribution in [3.8, 4) is 0 Å². The van der Waals surface area contributed by atoms with Crippen LogP contribution in [0.1, 0.15) is 34.9 Å². The number of amides is 1. The maximum absolute atomic E-state index is 12.6. The number of hydrogen-bond donors (Lipinski definition) is 1. The van der Waals surface area contributed by atoms with Crippen LogP contribution in [0.5, 0.6) is 0 Å². The molecule has 0 spiro atoms. The second-order valence-corrected chi connectivity index (χ2v) is 7.15. The average Bonchev–Trinajstić information content (AvgIpc) is 3.18. The maximum atomic E-state index is 12.6. The Bertz CT molecular complexity index is 1030. The number of benzene rings is 1. The van der Waals surface area contributed by atoms with E-state index in [2.05, 4.69) is 20.4 Å². The number of nitrogens with one attached hydrogen (secondary N) is 1. The first kappa shape index (κ1) is 19.1. The maximum Gasteiger partial charge on any atom is 0.339 e. The molecule has 1 atom stereocenters. The topological polar surface area (TPSA) is 88.8 Å². The molecule has 29 heavy (non-hydrogen) atoms. The Balaban J connectivity index is 1.42. The second-order valence-electron chi connectivity index (χ2n) is 7.15. The monoisotopic (exact) mass is 393 g/mol. The van der Waals surface area contributed by atoms with Crippen molar-refractivity contribution in [3.63, 3.8) is 0 Å². The van der Waals surface area contributed by atoms with E-state index in [4.69, 9.17) is 4.74 Å². The second kappa shape index (κ2) is 8.40. The Morgan fingerprint density at radius 1 is 1.17 bits per heavy atom. The highest BCUT2D eigenvalue weighted by atomic mass is 16.5. The first-order chi connectivity index (χ1) is 14.2. The molecule has 0 unspecified atom stereocenters. The number of hydrogen-bond acceptors (Lipinski definition) is 6. The molecule has 1 aliphatic heterocycles. The summed E-state index contributed by atoms with van der Waals surface area (Å²) in [5, 5.41) is 11.5. The van der Waals surface area contributed by atoms with E-state index in [9.17, 15) is 9.59 Å². The van der Waals surface area contributed by atoms with Crippen LogP contribution in [-0.2, 0) is 9.53 Å². The zero-order valence-electron chi connectivity index (χ0n) is 16.2. The summed E-state index contributed by atoms with van der Waals surface area (Å²) in [6, 6.07) is 12.7. The molecule has 0 radical (unpaired) electrons. The highest BCUT2D eigenvalue weighted by Gasteiger charge is 2.26. The molecule has 0 saturated carbocycles. The number of rotatable bonds is 5. The first-order valence-electron chi connectivity index (χ1n) is 9.65. The molecule has 0 aliphatic carbocycles. The van der Waals surface area contributed by atoms with Crippen LogP contribution in [0, 0.1) is 0 Å². The molecule has 1 saturated heterocycles. The smallest absolute Gasteiger partial charge is 0.339 e. The van der Waals surface area contributed by atoms with Crippen LogP contribution in [0.25, 0.3) is 5.65 Å². The number of pyridine rings is 1. The predicted molar refractivity (Wildman–Crippen MR) is 108 cm³/mol. The quantitative estimate of drug-likeness (QED) is 0.670. The van der Waals surface area contributed by atoms with Gasteiger partial charge in [0.1, 0.15) is 5.82 Å². The van der Waals surface area contributed by atoms with Gasteiger partial charge in [-0.2, -0.15) is 0 Å². The van der Waals surface area contributed by atoms with Crippen molar-refractivity contribution in [1.29, 1.82) is 0 Å². The number of likely N-dealkylation sites (tertiary alicyclic amines) is 1. The highest BCUT2D eigenvalue weighted by molar-refractivity contribution is 6.01. The van der Waals surface area contributed by atoms with E-state index in [1.165, 1.54) is 7.11 Å². The van der Waals surface area contributed by atoms with E-state index in [0.29, 0.717) is 11.3 Å². The van der Waals surface area contributed by atoms with Crippen LogP contribution in [0.4, 0.5) is 5.69 Å². The van der Waals surface area contributed by atoms with Gasteiger partial charge in [0.2, 0.25) is 5.91 Å². The number of anilines is 1. The highest BCUT2D eigenvalue weighted by Crippen LogP contribution is 2.26. The largest absolute Gasteiger partial charge is 0.465 e. The summed E-state index contributed by atoms with van der Waals surface area (Å²) in [6.07, 6.45) is 3.97. The van der Waals surface area contributed by atoms with E-state index < -0.39 is 5.97 Å². The van der Waals surface area contributed by atoms with Crippen LogP contribution < -0.4 is 5.32 Å². The van der Waals surface area contributed by atoms with Crippen molar-refractivity contribution < 1.29 is 14.3 Å². The first-order valence-corrected chi connectivity index (χ1v) is 9.65. The molecular weight excluding hydrogens is 370 g/mol. The number of para-hydroxylation sites is 1. The summed E-state index contributed by atoms with van der Waals surface area (Å²) >= 11 is 0. The molecule has 2 aromatic heterocycles. The summed E-state index contributed by atoms with van der Waals surface area (Å²) < 4.78 is 6.80. The van der Waals surface area contributed by atoms with Crippen molar-refractivity contribution in [2.75, 3.05) is 32.1 Å². The molecule has 8 nitrogen and oxygen atoms in total. The fourth-order valence-electron chi connectivity index (χ4n) is 3.82. The van der Waals surface area contributed by atoms with Crippen molar-refractivity contribution in [2.45, 2.75) is 18.8 Å². The van der Waals surface area contributed by atoms with Crippen LogP contribution in [0.3, 0.4) is 0 Å². The van der Waals surface area contributed by atoms with E-state index in [-0.39, 0.29) is 18.4 Å². The Morgan fingerprint density at radius 2 is 2.00 bits per heavy atom. The number of ether oxygens (including phenoxy) is 1. The number of carbonyl (C=O) groups excluding carboxylic acids is 2. The normalized spacial score (nSPS) is 17.2. The number of piperidine rings is 1. The lowest BCUT2D eigenvalue weighted by Gasteiger charge is -2.31. The van der Waals surface area contributed by atoms with Crippen molar-refractivity contribution in [2.24, 2.45) is 0 Å². The van der Waals surface area contributed by atoms with Gasteiger partial charge in [0.15, 0.2) is 5.65 Å². The zero-order valence-corrected chi connectivity index (χ0v) is 16.2. The number of carbonyl (C=O) groups is 2. The molecule has 1 N–H and O–H groups in total. The Kier molecular flexibility index (Phi) is 5.53. The Labute approximate surface area is 168 Å². The zero-order chi connectivity index (χ0) is 20.2. The van der Waals surface area contributed by atoms with Gasteiger partial charge in [-0.1, -0.05) is 18.2 Å². The fraction of sp³-hybridized carbons (Fsp3) is 0.333. The molecule has 3 aromatic rings. The lowest BCUT2D eigenvalue weighted by molar-refractivity contribution is -0.117. The molecule has 1 aromatic carbocycles. The lowest BCUT2D eigenvalue weighted by Crippen LogP contribution is -2.40. The number of esters is 1. The van der Waals surface area contributed by atoms with Gasteiger partial charge < -0.3 is 10.1 Å². The van der Waals surface area contributed by atoms with Gasteiger partial charge in [0.05, 0.1) is 24.9 Å². The van der Waals surface area contributed by atoms with E-state index in [1.807, 2.05) is 28.8 Å². The summed E-state index contributed by atoms with van der Waals surface area (Å²) in [5.74, 6) is 0.517. The van der Waals surface area contributed by atoms with Crippen LogP contribution in [-0.4, -0.2) is 58.1 Å². The third kappa shape index (κ3) is 4.12. The number of aromatic nitrogens is 3. The van der Waals surface area contributed by atoms with Crippen LogP contribution in [0.15, 0.2) is 48.7 Å². The fourth-order valence-corrected chi connectivity index (χ4v) is 3.82. The summed E-state index contributed by atoms with van der Waals surface area (Å²) in [7, 11) is 1.32. The number of nitrogens with zero attached hydrogens (tertiary/aromatic N) is 4. The van der Waals surface area contributed by atoms with Gasteiger partial charge in [-0.15, -0.1) is 10.2 Å². The molecule has 0 bridgehead atoms. The molecular formula is C21H23N5O3. The van der Waals surface area contributed by atoms with Crippen LogP contribution in [0.2, 0.25) is 0 Å². The Morgan fingerprint density at radius 3 is 2.86 bits per heavy atom.